The quantitative estimate of drug-likeness (QED) is 0.600. The molecule has 0 bridgehead atoms. The summed E-state index contributed by atoms with van der Waals surface area (Å²) in [7, 11) is 0. The average molecular weight is 404 g/mol. The molecular formula is C19H22ClN5OS. The number of rotatable bonds is 4. The van der Waals surface area contributed by atoms with Crippen LogP contribution in [0, 0.1) is 0 Å². The van der Waals surface area contributed by atoms with Crippen molar-refractivity contribution in [1.29, 1.82) is 0 Å². The summed E-state index contributed by atoms with van der Waals surface area (Å²) in [5.41, 5.74) is 2.72. The SMILES string of the molecule is S=C(NC[C@@H]1CCCO1)Nc1nc(Cl)cc(N2CCc3ccccc3C2)n1. The summed E-state index contributed by atoms with van der Waals surface area (Å²) < 4.78 is 5.59. The van der Waals surface area contributed by atoms with Crippen molar-refractivity contribution in [3.63, 3.8) is 0 Å². The minimum atomic E-state index is 0.217. The summed E-state index contributed by atoms with van der Waals surface area (Å²) in [6, 6.07) is 10.3. The Morgan fingerprint density at radius 3 is 2.96 bits per heavy atom. The zero-order chi connectivity index (χ0) is 18.6. The van der Waals surface area contributed by atoms with E-state index < -0.39 is 0 Å². The van der Waals surface area contributed by atoms with E-state index in [0.29, 0.717) is 22.8 Å². The van der Waals surface area contributed by atoms with Gasteiger partial charge in [0.15, 0.2) is 5.11 Å². The molecule has 1 atom stereocenters. The van der Waals surface area contributed by atoms with Crippen molar-refractivity contribution in [2.45, 2.75) is 31.9 Å². The highest BCUT2D eigenvalue weighted by molar-refractivity contribution is 7.80. The molecule has 0 saturated carbocycles. The first-order chi connectivity index (χ1) is 13.2. The first-order valence-corrected chi connectivity index (χ1v) is 9.99. The highest BCUT2D eigenvalue weighted by Crippen LogP contribution is 2.25. The lowest BCUT2D eigenvalue weighted by Crippen LogP contribution is -2.35. The second kappa shape index (κ2) is 8.37. The minimum Gasteiger partial charge on any atom is -0.376 e. The van der Waals surface area contributed by atoms with Crippen molar-refractivity contribution < 1.29 is 4.74 Å². The number of ether oxygens (including phenoxy) is 1. The maximum Gasteiger partial charge on any atom is 0.232 e. The van der Waals surface area contributed by atoms with Gasteiger partial charge < -0.3 is 20.3 Å². The molecule has 3 heterocycles. The van der Waals surface area contributed by atoms with Gasteiger partial charge in [-0.15, -0.1) is 0 Å². The van der Waals surface area contributed by atoms with E-state index in [9.17, 15) is 0 Å². The van der Waals surface area contributed by atoms with Gasteiger partial charge in [0.05, 0.1) is 6.10 Å². The molecule has 2 aliphatic rings. The number of hydrogen-bond donors (Lipinski definition) is 2. The van der Waals surface area contributed by atoms with Gasteiger partial charge >= 0.3 is 0 Å². The Kier molecular flexibility index (Phi) is 5.71. The average Bonchev–Trinajstić information content (AvgIpc) is 3.19. The van der Waals surface area contributed by atoms with E-state index in [1.165, 1.54) is 11.1 Å². The molecule has 1 aromatic heterocycles. The summed E-state index contributed by atoms with van der Waals surface area (Å²) in [6.45, 7) is 3.21. The summed E-state index contributed by atoms with van der Waals surface area (Å²) in [5.74, 6) is 1.20. The first-order valence-electron chi connectivity index (χ1n) is 9.20. The molecule has 0 radical (unpaired) electrons. The predicted molar refractivity (Wildman–Crippen MR) is 111 cm³/mol. The van der Waals surface area contributed by atoms with Crippen molar-refractivity contribution in [3.8, 4) is 0 Å². The maximum absolute atomic E-state index is 6.23. The van der Waals surface area contributed by atoms with Crippen molar-refractivity contribution in [2.75, 3.05) is 29.9 Å². The van der Waals surface area contributed by atoms with Crippen LogP contribution in [0.3, 0.4) is 0 Å². The summed E-state index contributed by atoms with van der Waals surface area (Å²) in [5, 5.41) is 7.07. The highest BCUT2D eigenvalue weighted by atomic mass is 35.5. The molecule has 0 aliphatic carbocycles. The Labute approximate surface area is 169 Å². The molecule has 27 heavy (non-hydrogen) atoms. The number of nitrogens with zero attached hydrogens (tertiary/aromatic N) is 3. The number of fused-ring (bicyclic) bond motifs is 1. The first kappa shape index (κ1) is 18.4. The largest absolute Gasteiger partial charge is 0.376 e. The third-order valence-electron chi connectivity index (χ3n) is 4.88. The molecule has 2 aliphatic heterocycles. The topological polar surface area (TPSA) is 62.3 Å². The predicted octanol–water partition coefficient (Wildman–Crippen LogP) is 3.16. The lowest BCUT2D eigenvalue weighted by Gasteiger charge is -2.30. The number of thiocarbonyl (C=S) groups is 1. The van der Waals surface area contributed by atoms with E-state index in [1.54, 1.807) is 6.07 Å². The molecule has 1 aromatic carbocycles. The zero-order valence-corrected chi connectivity index (χ0v) is 16.5. The van der Waals surface area contributed by atoms with Gasteiger partial charge in [-0.25, -0.2) is 4.98 Å². The van der Waals surface area contributed by atoms with Crippen molar-refractivity contribution in [3.05, 3.63) is 46.6 Å². The molecular weight excluding hydrogens is 382 g/mol. The van der Waals surface area contributed by atoms with Gasteiger partial charge in [-0.3, -0.25) is 0 Å². The summed E-state index contributed by atoms with van der Waals surface area (Å²) >= 11 is 11.6. The van der Waals surface area contributed by atoms with E-state index in [-0.39, 0.29) is 6.10 Å². The standard InChI is InChI=1S/C19H22ClN5OS/c20-16-10-17(25-8-7-13-4-1-2-5-14(13)12-25)23-18(22-16)24-19(27)21-11-15-6-3-9-26-15/h1-2,4-5,10,15H,3,6-9,11-12H2,(H2,21,22,23,24,27)/t15-/m0/s1. The van der Waals surface area contributed by atoms with Crippen LogP contribution in [0.15, 0.2) is 30.3 Å². The Bertz CT molecular complexity index is 827. The highest BCUT2D eigenvalue weighted by Gasteiger charge is 2.19. The number of nitrogens with one attached hydrogen (secondary N) is 2. The molecule has 1 saturated heterocycles. The molecule has 2 aromatic rings. The monoisotopic (exact) mass is 403 g/mol. The van der Waals surface area contributed by atoms with Crippen molar-refractivity contribution >= 4 is 40.7 Å². The molecule has 0 amide bonds. The van der Waals surface area contributed by atoms with Crippen molar-refractivity contribution in [1.82, 2.24) is 15.3 Å². The third-order valence-corrected chi connectivity index (χ3v) is 5.32. The fourth-order valence-electron chi connectivity index (χ4n) is 3.47. The number of halogens is 1. The fraction of sp³-hybridized carbons (Fsp3) is 0.421. The van der Waals surface area contributed by atoms with Crippen LogP contribution < -0.4 is 15.5 Å². The van der Waals surface area contributed by atoms with E-state index in [1.807, 2.05) is 0 Å². The Morgan fingerprint density at radius 2 is 2.15 bits per heavy atom. The van der Waals surface area contributed by atoms with E-state index >= 15 is 0 Å². The molecule has 6 nitrogen and oxygen atoms in total. The van der Waals surface area contributed by atoms with E-state index in [0.717, 1.165) is 44.8 Å². The van der Waals surface area contributed by atoms with Gasteiger partial charge in [-0.05, 0) is 42.6 Å². The van der Waals surface area contributed by atoms with Crippen LogP contribution in [0.1, 0.15) is 24.0 Å². The van der Waals surface area contributed by atoms with Gasteiger partial charge in [-0.2, -0.15) is 4.98 Å². The molecule has 0 unspecified atom stereocenters. The van der Waals surface area contributed by atoms with Crippen LogP contribution in [-0.2, 0) is 17.7 Å². The van der Waals surface area contributed by atoms with Crippen LogP contribution in [0.4, 0.5) is 11.8 Å². The number of anilines is 2. The summed E-state index contributed by atoms with van der Waals surface area (Å²) in [4.78, 5) is 11.1. The number of benzene rings is 1. The van der Waals surface area contributed by atoms with Gasteiger partial charge in [0.2, 0.25) is 5.95 Å². The Hall–Kier alpha value is -1.96. The van der Waals surface area contributed by atoms with Gasteiger partial charge in [-0.1, -0.05) is 35.9 Å². The normalized spacial score (nSPS) is 18.9. The van der Waals surface area contributed by atoms with Crippen LogP contribution in [-0.4, -0.2) is 40.9 Å². The van der Waals surface area contributed by atoms with Crippen molar-refractivity contribution in [2.24, 2.45) is 0 Å². The molecule has 142 valence electrons. The molecule has 4 rings (SSSR count). The van der Waals surface area contributed by atoms with Crippen LogP contribution >= 0.6 is 23.8 Å². The van der Waals surface area contributed by atoms with Crippen LogP contribution in [0.25, 0.3) is 0 Å². The molecule has 2 N–H and O–H groups in total. The fourth-order valence-corrected chi connectivity index (χ4v) is 3.82. The van der Waals surface area contributed by atoms with E-state index in [2.05, 4.69) is 49.8 Å². The van der Waals surface area contributed by atoms with Gasteiger partial charge in [0.25, 0.3) is 0 Å². The van der Waals surface area contributed by atoms with Gasteiger partial charge in [0.1, 0.15) is 11.0 Å². The van der Waals surface area contributed by atoms with Crippen LogP contribution in [0.2, 0.25) is 5.15 Å². The lowest BCUT2D eigenvalue weighted by molar-refractivity contribution is 0.114. The molecule has 8 heteroatoms. The summed E-state index contributed by atoms with van der Waals surface area (Å²) in [6.07, 6.45) is 3.37. The van der Waals surface area contributed by atoms with E-state index in [4.69, 9.17) is 28.6 Å². The van der Waals surface area contributed by atoms with Gasteiger partial charge in [0, 0.05) is 32.3 Å². The zero-order valence-electron chi connectivity index (χ0n) is 14.9. The lowest BCUT2D eigenvalue weighted by atomic mass is 10.00. The minimum absolute atomic E-state index is 0.217. The molecule has 0 spiro atoms. The Balaban J connectivity index is 1.41. The molecule has 1 fully saturated rings. The number of aromatic nitrogens is 2. The maximum atomic E-state index is 6.23. The second-order valence-corrected chi connectivity index (χ2v) is 7.58. The third kappa shape index (κ3) is 4.66. The smallest absolute Gasteiger partial charge is 0.232 e. The Morgan fingerprint density at radius 1 is 1.30 bits per heavy atom. The number of hydrogen-bond acceptors (Lipinski definition) is 5. The van der Waals surface area contributed by atoms with Crippen LogP contribution in [0.5, 0.6) is 0 Å². The second-order valence-electron chi connectivity index (χ2n) is 6.78.